The van der Waals surface area contributed by atoms with Crippen molar-refractivity contribution >= 4 is 11.9 Å². The fraction of sp³-hybridized carbons (Fsp3) is 0.833. The van der Waals surface area contributed by atoms with Crippen LogP contribution in [-0.4, -0.2) is 59.0 Å². The first-order chi connectivity index (χ1) is 7.91. The Morgan fingerprint density at radius 2 is 1.82 bits per heavy atom. The van der Waals surface area contributed by atoms with Gasteiger partial charge >= 0.3 is 5.97 Å². The standard InChI is InChI=1S/C12H22N2O3/c1-9-4-5-10(2)14(9)8-11(15)13(3)7-6-12(16)17/h9-10H,4-8H2,1-3H3,(H,16,17). The summed E-state index contributed by atoms with van der Waals surface area (Å²) in [5.41, 5.74) is 0. The molecule has 1 fully saturated rings. The Kier molecular flexibility index (Phi) is 4.93. The van der Waals surface area contributed by atoms with Crippen molar-refractivity contribution in [2.75, 3.05) is 20.1 Å². The van der Waals surface area contributed by atoms with Crippen LogP contribution in [0.2, 0.25) is 0 Å². The quantitative estimate of drug-likeness (QED) is 0.774. The molecule has 0 aliphatic carbocycles. The van der Waals surface area contributed by atoms with Crippen LogP contribution in [0.4, 0.5) is 0 Å². The van der Waals surface area contributed by atoms with Crippen LogP contribution >= 0.6 is 0 Å². The van der Waals surface area contributed by atoms with Crippen molar-refractivity contribution in [3.05, 3.63) is 0 Å². The van der Waals surface area contributed by atoms with E-state index < -0.39 is 5.97 Å². The van der Waals surface area contributed by atoms with E-state index >= 15 is 0 Å². The van der Waals surface area contributed by atoms with Crippen LogP contribution in [0.25, 0.3) is 0 Å². The van der Waals surface area contributed by atoms with Crippen LogP contribution in [0.1, 0.15) is 33.1 Å². The molecule has 1 aliphatic heterocycles. The number of aliphatic carboxylic acids is 1. The molecule has 5 heteroatoms. The highest BCUT2D eigenvalue weighted by molar-refractivity contribution is 5.78. The van der Waals surface area contributed by atoms with Gasteiger partial charge in [0.1, 0.15) is 0 Å². The first-order valence-electron chi connectivity index (χ1n) is 6.13. The maximum atomic E-state index is 11.9. The van der Waals surface area contributed by atoms with Crippen molar-refractivity contribution in [2.24, 2.45) is 0 Å². The van der Waals surface area contributed by atoms with Crippen molar-refractivity contribution < 1.29 is 14.7 Å². The first-order valence-corrected chi connectivity index (χ1v) is 6.13. The lowest BCUT2D eigenvalue weighted by Gasteiger charge is -2.27. The van der Waals surface area contributed by atoms with Crippen molar-refractivity contribution in [2.45, 2.75) is 45.2 Å². The van der Waals surface area contributed by atoms with Gasteiger partial charge in [-0.05, 0) is 26.7 Å². The zero-order valence-electron chi connectivity index (χ0n) is 10.8. The van der Waals surface area contributed by atoms with Gasteiger partial charge in [-0.1, -0.05) is 0 Å². The molecule has 17 heavy (non-hydrogen) atoms. The number of likely N-dealkylation sites (tertiary alicyclic amines) is 1. The maximum Gasteiger partial charge on any atom is 0.305 e. The number of carboxylic acid groups (broad SMARTS) is 1. The van der Waals surface area contributed by atoms with Gasteiger partial charge in [0, 0.05) is 25.7 Å². The van der Waals surface area contributed by atoms with E-state index in [2.05, 4.69) is 18.7 Å². The Hall–Kier alpha value is -1.10. The number of carbonyl (C=O) groups excluding carboxylic acids is 1. The predicted octanol–water partition coefficient (Wildman–Crippen LogP) is 0.792. The van der Waals surface area contributed by atoms with Crippen molar-refractivity contribution in [3.8, 4) is 0 Å². The topological polar surface area (TPSA) is 60.9 Å². The summed E-state index contributed by atoms with van der Waals surface area (Å²) in [6, 6.07) is 0.892. The van der Waals surface area contributed by atoms with E-state index in [0.717, 1.165) is 12.8 Å². The highest BCUT2D eigenvalue weighted by Gasteiger charge is 2.29. The Bertz CT molecular complexity index is 283. The lowest BCUT2D eigenvalue weighted by Crippen LogP contribution is -2.43. The summed E-state index contributed by atoms with van der Waals surface area (Å²) < 4.78 is 0. The fourth-order valence-electron chi connectivity index (χ4n) is 2.23. The summed E-state index contributed by atoms with van der Waals surface area (Å²) in [6.45, 7) is 4.95. The van der Waals surface area contributed by atoms with Crippen molar-refractivity contribution in [1.82, 2.24) is 9.80 Å². The molecule has 5 nitrogen and oxygen atoms in total. The molecule has 98 valence electrons. The molecule has 0 aromatic carbocycles. The summed E-state index contributed by atoms with van der Waals surface area (Å²) >= 11 is 0. The van der Waals surface area contributed by atoms with Crippen LogP contribution in [-0.2, 0) is 9.59 Å². The zero-order valence-corrected chi connectivity index (χ0v) is 10.8. The summed E-state index contributed by atoms with van der Waals surface area (Å²) in [6.07, 6.45) is 2.27. The van der Waals surface area contributed by atoms with Gasteiger partial charge in [0.2, 0.25) is 5.91 Å². The van der Waals surface area contributed by atoms with E-state index in [1.54, 1.807) is 7.05 Å². The molecule has 0 spiro atoms. The third-order valence-electron chi connectivity index (χ3n) is 3.54. The number of amides is 1. The predicted molar refractivity (Wildman–Crippen MR) is 64.8 cm³/mol. The molecule has 1 heterocycles. The van der Waals surface area contributed by atoms with Gasteiger partial charge in [0.15, 0.2) is 0 Å². The molecule has 1 rings (SSSR count). The van der Waals surface area contributed by atoms with Crippen LogP contribution in [0.3, 0.4) is 0 Å². The van der Waals surface area contributed by atoms with Crippen molar-refractivity contribution in [3.63, 3.8) is 0 Å². The van der Waals surface area contributed by atoms with Crippen LogP contribution in [0.5, 0.6) is 0 Å². The lowest BCUT2D eigenvalue weighted by molar-refractivity contribution is -0.138. The number of carbonyl (C=O) groups is 2. The number of hydrogen-bond donors (Lipinski definition) is 1. The number of carboxylic acids is 1. The van der Waals surface area contributed by atoms with Gasteiger partial charge in [-0.2, -0.15) is 0 Å². The van der Waals surface area contributed by atoms with Gasteiger partial charge in [0.25, 0.3) is 0 Å². The van der Waals surface area contributed by atoms with E-state index in [1.807, 2.05) is 0 Å². The SMILES string of the molecule is CC1CCC(C)N1CC(=O)N(C)CCC(=O)O. The second-order valence-corrected chi connectivity index (χ2v) is 4.91. The fourth-order valence-corrected chi connectivity index (χ4v) is 2.23. The lowest BCUT2D eigenvalue weighted by atomic mass is 10.2. The van der Waals surface area contributed by atoms with Gasteiger partial charge in [-0.15, -0.1) is 0 Å². The van der Waals surface area contributed by atoms with Crippen LogP contribution in [0, 0.1) is 0 Å². The molecule has 1 saturated heterocycles. The van der Waals surface area contributed by atoms with E-state index in [9.17, 15) is 9.59 Å². The Balaban J connectivity index is 2.40. The third kappa shape index (κ3) is 4.00. The van der Waals surface area contributed by atoms with E-state index in [0.29, 0.717) is 18.6 Å². The van der Waals surface area contributed by atoms with Gasteiger partial charge < -0.3 is 10.0 Å². The third-order valence-corrected chi connectivity index (χ3v) is 3.54. The molecular weight excluding hydrogens is 220 g/mol. The Labute approximate surface area is 102 Å². The second-order valence-electron chi connectivity index (χ2n) is 4.91. The van der Waals surface area contributed by atoms with E-state index in [4.69, 9.17) is 5.11 Å². The molecule has 2 unspecified atom stereocenters. The zero-order chi connectivity index (χ0) is 13.0. The first kappa shape index (κ1) is 14.0. The summed E-state index contributed by atoms with van der Waals surface area (Å²) in [7, 11) is 1.66. The number of nitrogens with zero attached hydrogens (tertiary/aromatic N) is 2. The van der Waals surface area contributed by atoms with Crippen LogP contribution < -0.4 is 0 Å². The molecule has 1 aliphatic rings. The molecule has 1 N–H and O–H groups in total. The molecule has 0 radical (unpaired) electrons. The van der Waals surface area contributed by atoms with Crippen LogP contribution in [0.15, 0.2) is 0 Å². The summed E-state index contributed by atoms with van der Waals surface area (Å²) in [4.78, 5) is 26.0. The molecule has 0 aromatic rings. The van der Waals surface area contributed by atoms with Crippen molar-refractivity contribution in [1.29, 1.82) is 0 Å². The highest BCUT2D eigenvalue weighted by atomic mass is 16.4. The van der Waals surface area contributed by atoms with Gasteiger partial charge in [-0.25, -0.2) is 0 Å². The molecule has 1 amide bonds. The van der Waals surface area contributed by atoms with Gasteiger partial charge in [0.05, 0.1) is 13.0 Å². The average Bonchev–Trinajstić information content (AvgIpc) is 2.57. The second kappa shape index (κ2) is 6.00. The largest absolute Gasteiger partial charge is 0.481 e. The maximum absolute atomic E-state index is 11.9. The van der Waals surface area contributed by atoms with E-state index in [1.165, 1.54) is 4.90 Å². The van der Waals surface area contributed by atoms with E-state index in [-0.39, 0.29) is 18.9 Å². The minimum atomic E-state index is -0.868. The number of hydrogen-bond acceptors (Lipinski definition) is 3. The molecule has 0 bridgehead atoms. The minimum absolute atomic E-state index is 0.00634. The molecule has 0 saturated carbocycles. The smallest absolute Gasteiger partial charge is 0.305 e. The highest BCUT2D eigenvalue weighted by Crippen LogP contribution is 2.22. The van der Waals surface area contributed by atoms with Gasteiger partial charge in [-0.3, -0.25) is 14.5 Å². The summed E-state index contributed by atoms with van der Waals surface area (Å²) in [5, 5.41) is 8.56. The Morgan fingerprint density at radius 1 is 1.29 bits per heavy atom. The minimum Gasteiger partial charge on any atom is -0.481 e. The monoisotopic (exact) mass is 242 g/mol. The molecule has 2 atom stereocenters. The normalized spacial score (nSPS) is 24.9. The average molecular weight is 242 g/mol. The number of rotatable bonds is 5. The molecule has 0 aromatic heterocycles. The number of likely N-dealkylation sites (N-methyl/N-ethyl adjacent to an activating group) is 1. The summed E-state index contributed by atoms with van der Waals surface area (Å²) in [5.74, 6) is -0.862. The molecular formula is C12H22N2O3. The Morgan fingerprint density at radius 3 is 2.29 bits per heavy atom.